The predicted octanol–water partition coefficient (Wildman–Crippen LogP) is 1.31. The number of nitrogens with zero attached hydrogens (tertiary/aromatic N) is 2. The fourth-order valence-electron chi connectivity index (χ4n) is 2.85. The van der Waals surface area contributed by atoms with Crippen molar-refractivity contribution in [2.24, 2.45) is 0 Å². The summed E-state index contributed by atoms with van der Waals surface area (Å²) in [4.78, 5) is 40.4. The van der Waals surface area contributed by atoms with Crippen molar-refractivity contribution in [2.75, 3.05) is 20.3 Å². The SMILES string of the molecule is COc1ccccc1CCNC(=O)COC(=O)Cn1cnc2ccccc2c1=O. The standard InChI is InChI=1S/C21H21N3O5/c1-28-18-9-5-2-6-15(18)10-11-22-19(25)13-29-20(26)12-24-14-23-17-8-4-3-7-16(17)21(24)27/h2-9,14H,10-13H2,1H3,(H,22,25). The third-order valence-corrected chi connectivity index (χ3v) is 4.30. The Morgan fingerprint density at radius 3 is 2.69 bits per heavy atom. The van der Waals surface area contributed by atoms with E-state index in [1.165, 1.54) is 6.33 Å². The number of esters is 1. The topological polar surface area (TPSA) is 99.5 Å². The lowest BCUT2D eigenvalue weighted by Gasteiger charge is -2.10. The Labute approximate surface area is 167 Å². The molecule has 8 nitrogen and oxygen atoms in total. The Morgan fingerprint density at radius 1 is 1.10 bits per heavy atom. The molecule has 0 unspecified atom stereocenters. The average Bonchev–Trinajstić information content (AvgIpc) is 2.75. The van der Waals surface area contributed by atoms with Gasteiger partial charge >= 0.3 is 5.97 Å². The Bertz CT molecular complexity index is 1080. The van der Waals surface area contributed by atoms with E-state index in [0.29, 0.717) is 23.9 Å². The highest BCUT2D eigenvalue weighted by molar-refractivity contribution is 5.81. The van der Waals surface area contributed by atoms with Crippen molar-refractivity contribution in [3.63, 3.8) is 0 Å². The Kier molecular flexibility index (Phi) is 6.57. The summed E-state index contributed by atoms with van der Waals surface area (Å²) in [6, 6.07) is 14.4. The molecule has 0 aliphatic carbocycles. The van der Waals surface area contributed by atoms with E-state index >= 15 is 0 Å². The number of methoxy groups -OCH3 is 1. The molecule has 3 aromatic rings. The molecule has 0 bridgehead atoms. The van der Waals surface area contributed by atoms with Crippen LogP contribution >= 0.6 is 0 Å². The number of hydrogen-bond donors (Lipinski definition) is 1. The first-order valence-corrected chi connectivity index (χ1v) is 9.07. The maximum absolute atomic E-state index is 12.4. The van der Waals surface area contributed by atoms with Crippen LogP contribution in [0.5, 0.6) is 5.75 Å². The largest absolute Gasteiger partial charge is 0.496 e. The zero-order valence-corrected chi connectivity index (χ0v) is 16.0. The molecule has 0 saturated carbocycles. The van der Waals surface area contributed by atoms with Gasteiger partial charge in [0, 0.05) is 6.54 Å². The summed E-state index contributed by atoms with van der Waals surface area (Å²) in [5, 5.41) is 3.10. The lowest BCUT2D eigenvalue weighted by atomic mass is 10.1. The number of carbonyl (C=O) groups excluding carboxylic acids is 2. The molecule has 0 aliphatic rings. The highest BCUT2D eigenvalue weighted by Crippen LogP contribution is 2.17. The summed E-state index contributed by atoms with van der Waals surface area (Å²) in [5.74, 6) is -0.357. The fourth-order valence-corrected chi connectivity index (χ4v) is 2.85. The monoisotopic (exact) mass is 395 g/mol. The number of para-hydroxylation sites is 2. The third kappa shape index (κ3) is 5.19. The summed E-state index contributed by atoms with van der Waals surface area (Å²) in [7, 11) is 1.59. The van der Waals surface area contributed by atoms with Gasteiger partial charge in [0.05, 0.1) is 24.3 Å². The number of rotatable bonds is 8. The summed E-state index contributed by atoms with van der Waals surface area (Å²) < 4.78 is 11.4. The third-order valence-electron chi connectivity index (χ3n) is 4.30. The van der Waals surface area contributed by atoms with Crippen LogP contribution in [-0.2, 0) is 27.3 Å². The summed E-state index contributed by atoms with van der Waals surface area (Å²) in [5.41, 5.74) is 1.18. The molecule has 0 atom stereocenters. The number of ether oxygens (including phenoxy) is 2. The normalized spacial score (nSPS) is 10.5. The second kappa shape index (κ2) is 9.50. The maximum Gasteiger partial charge on any atom is 0.326 e. The molecule has 1 amide bonds. The Morgan fingerprint density at radius 2 is 1.86 bits per heavy atom. The van der Waals surface area contributed by atoms with Crippen molar-refractivity contribution in [3.8, 4) is 5.75 Å². The minimum absolute atomic E-state index is 0.314. The zero-order chi connectivity index (χ0) is 20.6. The van der Waals surface area contributed by atoms with Crippen LogP contribution in [-0.4, -0.2) is 41.7 Å². The van der Waals surface area contributed by atoms with Crippen LogP contribution in [0.25, 0.3) is 10.9 Å². The summed E-state index contributed by atoms with van der Waals surface area (Å²) in [6.07, 6.45) is 1.88. The van der Waals surface area contributed by atoms with Crippen LogP contribution < -0.4 is 15.6 Å². The van der Waals surface area contributed by atoms with Crippen molar-refractivity contribution in [1.82, 2.24) is 14.9 Å². The van der Waals surface area contributed by atoms with E-state index in [-0.39, 0.29) is 12.1 Å². The average molecular weight is 395 g/mol. The molecule has 8 heteroatoms. The lowest BCUT2D eigenvalue weighted by Crippen LogP contribution is -2.32. The summed E-state index contributed by atoms with van der Waals surface area (Å²) in [6.45, 7) is -0.351. The van der Waals surface area contributed by atoms with Gasteiger partial charge in [-0.3, -0.25) is 19.0 Å². The highest BCUT2D eigenvalue weighted by atomic mass is 16.5. The van der Waals surface area contributed by atoms with E-state index in [4.69, 9.17) is 9.47 Å². The van der Waals surface area contributed by atoms with Gasteiger partial charge in [-0.15, -0.1) is 0 Å². The molecule has 29 heavy (non-hydrogen) atoms. The number of carbonyl (C=O) groups is 2. The summed E-state index contributed by atoms with van der Waals surface area (Å²) >= 11 is 0. The van der Waals surface area contributed by atoms with Crippen molar-refractivity contribution in [1.29, 1.82) is 0 Å². The van der Waals surface area contributed by atoms with Crippen LogP contribution in [0, 0.1) is 0 Å². The van der Waals surface area contributed by atoms with E-state index in [9.17, 15) is 14.4 Å². The molecule has 0 fully saturated rings. The van der Waals surface area contributed by atoms with Crippen LogP contribution in [0.1, 0.15) is 5.56 Å². The molecular formula is C21H21N3O5. The Balaban J connectivity index is 1.46. The highest BCUT2D eigenvalue weighted by Gasteiger charge is 2.11. The molecule has 3 rings (SSSR count). The lowest BCUT2D eigenvalue weighted by molar-refractivity contribution is -0.149. The number of aromatic nitrogens is 2. The minimum Gasteiger partial charge on any atom is -0.496 e. The van der Waals surface area contributed by atoms with E-state index in [1.54, 1.807) is 31.4 Å². The zero-order valence-electron chi connectivity index (χ0n) is 16.0. The fraction of sp³-hybridized carbons (Fsp3) is 0.238. The maximum atomic E-state index is 12.4. The quantitative estimate of drug-likeness (QED) is 0.578. The molecule has 1 aromatic heterocycles. The van der Waals surface area contributed by atoms with Crippen molar-refractivity contribution >= 4 is 22.8 Å². The number of hydrogen-bond acceptors (Lipinski definition) is 6. The Hall–Kier alpha value is -3.68. The number of fused-ring (bicyclic) bond motifs is 1. The molecule has 1 N–H and O–H groups in total. The molecule has 0 radical (unpaired) electrons. The molecule has 2 aromatic carbocycles. The first-order valence-electron chi connectivity index (χ1n) is 9.07. The predicted molar refractivity (Wildman–Crippen MR) is 107 cm³/mol. The van der Waals surface area contributed by atoms with Crippen molar-refractivity contribution in [2.45, 2.75) is 13.0 Å². The first-order chi connectivity index (χ1) is 14.1. The van der Waals surface area contributed by atoms with Crippen LogP contribution in [0.4, 0.5) is 0 Å². The molecule has 0 aliphatic heterocycles. The molecule has 0 spiro atoms. The minimum atomic E-state index is -0.691. The van der Waals surface area contributed by atoms with Gasteiger partial charge < -0.3 is 14.8 Å². The second-order valence-corrected chi connectivity index (χ2v) is 6.27. The number of nitrogens with one attached hydrogen (secondary N) is 1. The molecule has 150 valence electrons. The van der Waals surface area contributed by atoms with Gasteiger partial charge in [-0.1, -0.05) is 30.3 Å². The van der Waals surface area contributed by atoms with E-state index in [0.717, 1.165) is 15.9 Å². The molecular weight excluding hydrogens is 374 g/mol. The molecule has 0 saturated heterocycles. The second-order valence-electron chi connectivity index (χ2n) is 6.27. The van der Waals surface area contributed by atoms with Gasteiger partial charge in [-0.25, -0.2) is 4.98 Å². The van der Waals surface area contributed by atoms with Gasteiger partial charge in [-0.05, 0) is 30.2 Å². The van der Waals surface area contributed by atoms with Gasteiger partial charge in [0.1, 0.15) is 12.3 Å². The molecule has 1 heterocycles. The van der Waals surface area contributed by atoms with Gasteiger partial charge in [0.15, 0.2) is 6.61 Å². The van der Waals surface area contributed by atoms with Gasteiger partial charge in [0.25, 0.3) is 11.5 Å². The van der Waals surface area contributed by atoms with E-state index in [2.05, 4.69) is 10.3 Å². The van der Waals surface area contributed by atoms with Crippen LogP contribution in [0.15, 0.2) is 59.7 Å². The van der Waals surface area contributed by atoms with Gasteiger partial charge in [-0.2, -0.15) is 0 Å². The van der Waals surface area contributed by atoms with E-state index in [1.807, 2.05) is 24.3 Å². The van der Waals surface area contributed by atoms with Crippen molar-refractivity contribution in [3.05, 3.63) is 70.8 Å². The smallest absolute Gasteiger partial charge is 0.326 e. The van der Waals surface area contributed by atoms with Crippen LogP contribution in [0.3, 0.4) is 0 Å². The van der Waals surface area contributed by atoms with Crippen LogP contribution in [0.2, 0.25) is 0 Å². The van der Waals surface area contributed by atoms with Gasteiger partial charge in [0.2, 0.25) is 0 Å². The first kappa shape index (κ1) is 20.1. The van der Waals surface area contributed by atoms with Crippen molar-refractivity contribution < 1.29 is 19.1 Å². The van der Waals surface area contributed by atoms with E-state index < -0.39 is 18.5 Å². The number of benzene rings is 2. The number of amides is 1.